The van der Waals surface area contributed by atoms with E-state index in [0.717, 1.165) is 19.3 Å². The smallest absolute Gasteiger partial charge is 0.258 e. The molecule has 0 aromatic heterocycles. The first kappa shape index (κ1) is 14.8. The molecular formula is C15H20FNO3. The van der Waals surface area contributed by atoms with E-state index in [1.54, 1.807) is 6.07 Å². The van der Waals surface area contributed by atoms with Crippen molar-refractivity contribution >= 4 is 5.91 Å². The number of aliphatic hydroxyl groups excluding tert-OH is 1. The fraction of sp³-hybridized carbons (Fsp3) is 0.533. The van der Waals surface area contributed by atoms with E-state index in [1.807, 2.05) is 0 Å². The molecule has 0 radical (unpaired) electrons. The first-order valence-corrected chi connectivity index (χ1v) is 6.90. The maximum Gasteiger partial charge on any atom is 0.258 e. The van der Waals surface area contributed by atoms with E-state index in [1.165, 1.54) is 19.2 Å². The number of nitrogens with one attached hydrogen (secondary N) is 1. The number of ether oxygens (including phenoxy) is 1. The van der Waals surface area contributed by atoms with Crippen LogP contribution < -0.4 is 10.1 Å². The number of halogens is 1. The zero-order valence-corrected chi connectivity index (χ0v) is 11.6. The largest absolute Gasteiger partial charge is 0.496 e. The summed E-state index contributed by atoms with van der Waals surface area (Å²) in [6, 6.07) is 4.30. The second kappa shape index (κ2) is 6.70. The number of amides is 1. The van der Waals surface area contributed by atoms with Gasteiger partial charge in [0.1, 0.15) is 17.1 Å². The zero-order chi connectivity index (χ0) is 14.5. The molecule has 1 amide bonds. The predicted molar refractivity (Wildman–Crippen MR) is 73.3 cm³/mol. The summed E-state index contributed by atoms with van der Waals surface area (Å²) in [5.74, 6) is -0.586. The van der Waals surface area contributed by atoms with Gasteiger partial charge in [-0.1, -0.05) is 12.5 Å². The number of carbonyl (C=O) groups excluding carboxylic acids is 1. The number of hydrogen-bond acceptors (Lipinski definition) is 3. The topological polar surface area (TPSA) is 58.6 Å². The number of carbonyl (C=O) groups is 1. The van der Waals surface area contributed by atoms with Crippen molar-refractivity contribution in [3.05, 3.63) is 29.6 Å². The van der Waals surface area contributed by atoms with Crippen LogP contribution in [0.1, 0.15) is 36.0 Å². The Morgan fingerprint density at radius 1 is 1.50 bits per heavy atom. The van der Waals surface area contributed by atoms with Crippen LogP contribution in [0.5, 0.6) is 5.75 Å². The van der Waals surface area contributed by atoms with Gasteiger partial charge in [0.2, 0.25) is 0 Å². The number of benzene rings is 1. The molecule has 1 aromatic rings. The van der Waals surface area contributed by atoms with Gasteiger partial charge in [0.25, 0.3) is 5.91 Å². The molecule has 5 heteroatoms. The SMILES string of the molecule is COc1cccc(F)c1C(=O)NCC1CCCC(O)C1. The number of hydrogen-bond donors (Lipinski definition) is 2. The van der Waals surface area contributed by atoms with Crippen LogP contribution >= 0.6 is 0 Å². The van der Waals surface area contributed by atoms with Crippen molar-refractivity contribution in [3.8, 4) is 5.75 Å². The Bertz CT molecular complexity index is 478. The molecule has 2 atom stereocenters. The minimum atomic E-state index is -0.592. The molecule has 0 heterocycles. The zero-order valence-electron chi connectivity index (χ0n) is 11.6. The van der Waals surface area contributed by atoms with Crippen LogP contribution in [-0.4, -0.2) is 30.8 Å². The minimum absolute atomic E-state index is 0.0636. The summed E-state index contributed by atoms with van der Waals surface area (Å²) in [5, 5.41) is 12.3. The molecule has 0 aliphatic heterocycles. The Labute approximate surface area is 117 Å². The van der Waals surface area contributed by atoms with Gasteiger partial charge in [-0.05, 0) is 37.3 Å². The lowest BCUT2D eigenvalue weighted by atomic mass is 9.87. The van der Waals surface area contributed by atoms with E-state index in [-0.39, 0.29) is 23.3 Å². The highest BCUT2D eigenvalue weighted by atomic mass is 19.1. The number of methoxy groups -OCH3 is 1. The minimum Gasteiger partial charge on any atom is -0.496 e. The van der Waals surface area contributed by atoms with E-state index in [0.29, 0.717) is 13.0 Å². The fourth-order valence-electron chi connectivity index (χ4n) is 2.67. The van der Waals surface area contributed by atoms with Gasteiger partial charge in [-0.25, -0.2) is 4.39 Å². The van der Waals surface area contributed by atoms with Crippen LogP contribution in [0.4, 0.5) is 4.39 Å². The Kier molecular flexibility index (Phi) is 4.95. The highest BCUT2D eigenvalue weighted by Crippen LogP contribution is 2.24. The molecule has 0 spiro atoms. The molecule has 2 unspecified atom stereocenters. The second-order valence-corrected chi connectivity index (χ2v) is 5.21. The second-order valence-electron chi connectivity index (χ2n) is 5.21. The Balaban J connectivity index is 1.98. The molecule has 0 saturated heterocycles. The molecule has 20 heavy (non-hydrogen) atoms. The molecule has 1 fully saturated rings. The molecular weight excluding hydrogens is 261 g/mol. The number of aliphatic hydroxyl groups is 1. The molecule has 2 N–H and O–H groups in total. The Hall–Kier alpha value is -1.62. The molecule has 0 bridgehead atoms. The van der Waals surface area contributed by atoms with Gasteiger partial charge in [-0.2, -0.15) is 0 Å². The summed E-state index contributed by atoms with van der Waals surface area (Å²) in [5.41, 5.74) is -0.0636. The van der Waals surface area contributed by atoms with Crippen molar-refractivity contribution in [1.29, 1.82) is 0 Å². The third-order valence-corrected chi connectivity index (χ3v) is 3.73. The molecule has 2 rings (SSSR count). The van der Waals surface area contributed by atoms with Gasteiger partial charge in [0.15, 0.2) is 0 Å². The van der Waals surface area contributed by atoms with Gasteiger partial charge < -0.3 is 15.2 Å². The van der Waals surface area contributed by atoms with E-state index in [9.17, 15) is 14.3 Å². The maximum absolute atomic E-state index is 13.7. The average molecular weight is 281 g/mol. The van der Waals surface area contributed by atoms with Crippen LogP contribution in [0.15, 0.2) is 18.2 Å². The van der Waals surface area contributed by atoms with Gasteiger partial charge in [-0.3, -0.25) is 4.79 Å². The van der Waals surface area contributed by atoms with Crippen molar-refractivity contribution in [3.63, 3.8) is 0 Å². The lowest BCUT2D eigenvalue weighted by molar-refractivity contribution is 0.0868. The first-order chi connectivity index (χ1) is 9.61. The van der Waals surface area contributed by atoms with Gasteiger partial charge in [0, 0.05) is 6.54 Å². The van der Waals surface area contributed by atoms with Crippen molar-refractivity contribution in [2.45, 2.75) is 31.8 Å². The van der Waals surface area contributed by atoms with Crippen molar-refractivity contribution in [1.82, 2.24) is 5.32 Å². The monoisotopic (exact) mass is 281 g/mol. The summed E-state index contributed by atoms with van der Waals surface area (Å²) < 4.78 is 18.7. The summed E-state index contributed by atoms with van der Waals surface area (Å²) in [7, 11) is 1.41. The van der Waals surface area contributed by atoms with Crippen molar-refractivity contribution in [2.24, 2.45) is 5.92 Å². The maximum atomic E-state index is 13.7. The Morgan fingerprint density at radius 3 is 3.00 bits per heavy atom. The molecule has 1 aliphatic carbocycles. The fourth-order valence-corrected chi connectivity index (χ4v) is 2.67. The molecule has 1 aliphatic rings. The summed E-state index contributed by atoms with van der Waals surface area (Å²) >= 11 is 0. The molecule has 110 valence electrons. The predicted octanol–water partition coefficient (Wildman–Crippen LogP) is 2.12. The van der Waals surface area contributed by atoms with Crippen LogP contribution in [0.25, 0.3) is 0 Å². The van der Waals surface area contributed by atoms with Crippen LogP contribution in [0.2, 0.25) is 0 Å². The van der Waals surface area contributed by atoms with Crippen LogP contribution in [-0.2, 0) is 0 Å². The normalized spacial score (nSPS) is 22.4. The molecule has 1 aromatic carbocycles. The third kappa shape index (κ3) is 3.48. The van der Waals surface area contributed by atoms with E-state index in [4.69, 9.17) is 4.74 Å². The van der Waals surface area contributed by atoms with E-state index < -0.39 is 11.7 Å². The van der Waals surface area contributed by atoms with Crippen molar-refractivity contribution in [2.75, 3.05) is 13.7 Å². The lowest BCUT2D eigenvalue weighted by Crippen LogP contribution is -2.33. The van der Waals surface area contributed by atoms with Gasteiger partial charge >= 0.3 is 0 Å². The van der Waals surface area contributed by atoms with Gasteiger partial charge in [-0.15, -0.1) is 0 Å². The third-order valence-electron chi connectivity index (χ3n) is 3.73. The molecule has 1 saturated carbocycles. The average Bonchev–Trinajstić information content (AvgIpc) is 2.44. The lowest BCUT2D eigenvalue weighted by Gasteiger charge is -2.26. The molecule has 4 nitrogen and oxygen atoms in total. The van der Waals surface area contributed by atoms with E-state index in [2.05, 4.69) is 5.32 Å². The Morgan fingerprint density at radius 2 is 2.30 bits per heavy atom. The number of rotatable bonds is 4. The van der Waals surface area contributed by atoms with Gasteiger partial charge in [0.05, 0.1) is 13.2 Å². The summed E-state index contributed by atoms with van der Waals surface area (Å²) in [6.07, 6.45) is 3.17. The van der Waals surface area contributed by atoms with Crippen LogP contribution in [0.3, 0.4) is 0 Å². The summed E-state index contributed by atoms with van der Waals surface area (Å²) in [6.45, 7) is 0.452. The van der Waals surface area contributed by atoms with E-state index >= 15 is 0 Å². The summed E-state index contributed by atoms with van der Waals surface area (Å²) in [4.78, 5) is 12.1. The standard InChI is InChI=1S/C15H20FNO3/c1-20-13-7-3-6-12(16)14(13)15(19)17-9-10-4-2-5-11(18)8-10/h3,6-7,10-11,18H,2,4-5,8-9H2,1H3,(H,17,19). The first-order valence-electron chi connectivity index (χ1n) is 6.90. The van der Waals surface area contributed by atoms with Crippen molar-refractivity contribution < 1.29 is 19.0 Å². The highest BCUT2D eigenvalue weighted by molar-refractivity contribution is 5.97. The highest BCUT2D eigenvalue weighted by Gasteiger charge is 2.22. The quantitative estimate of drug-likeness (QED) is 0.888. The van der Waals surface area contributed by atoms with Crippen LogP contribution in [0, 0.1) is 11.7 Å².